The molecule has 0 aromatic heterocycles. The molecule has 0 N–H and O–H groups in total. The molecule has 0 spiro atoms. The molecule has 28 heavy (non-hydrogen) atoms. The summed E-state index contributed by atoms with van der Waals surface area (Å²) in [5.74, 6) is 3.05. The smallest absolute Gasteiger partial charge is 0.231 e. The van der Waals surface area contributed by atoms with E-state index in [2.05, 4.69) is 20.8 Å². The van der Waals surface area contributed by atoms with Gasteiger partial charge in [-0.25, -0.2) is 0 Å². The van der Waals surface area contributed by atoms with Crippen LogP contribution in [-0.2, 0) is 17.9 Å². The summed E-state index contributed by atoms with van der Waals surface area (Å²) >= 11 is 0. The molecule has 4 rings (SSSR count). The fourth-order valence-corrected chi connectivity index (χ4v) is 3.32. The van der Waals surface area contributed by atoms with Gasteiger partial charge in [-0.15, -0.1) is 0 Å². The van der Waals surface area contributed by atoms with Gasteiger partial charge in [0, 0.05) is 19.5 Å². The van der Waals surface area contributed by atoms with Crippen molar-refractivity contribution in [3.63, 3.8) is 0 Å². The van der Waals surface area contributed by atoms with Gasteiger partial charge in [0.2, 0.25) is 19.5 Å². The number of fused-ring (bicyclic) bond motifs is 2. The quantitative estimate of drug-likeness (QED) is 0.778. The maximum absolute atomic E-state index is 13.0. The van der Waals surface area contributed by atoms with Crippen LogP contribution in [0.5, 0.6) is 23.0 Å². The van der Waals surface area contributed by atoms with Crippen molar-refractivity contribution in [3.8, 4) is 23.0 Å². The van der Waals surface area contributed by atoms with Crippen molar-refractivity contribution in [1.29, 1.82) is 0 Å². The Kier molecular flexibility index (Phi) is 4.79. The Morgan fingerprint density at radius 3 is 1.75 bits per heavy atom. The van der Waals surface area contributed by atoms with Crippen molar-refractivity contribution in [2.75, 3.05) is 13.6 Å². The van der Waals surface area contributed by atoms with Crippen LogP contribution in [0.25, 0.3) is 0 Å². The Balaban J connectivity index is 1.55. The minimum atomic E-state index is -0.0842. The molecular weight excluding hydrogens is 358 g/mol. The number of hydrogen-bond donors (Lipinski definition) is 0. The monoisotopic (exact) mass is 383 g/mol. The van der Waals surface area contributed by atoms with E-state index in [0.717, 1.165) is 34.1 Å². The zero-order valence-electron chi connectivity index (χ0n) is 16.5. The average Bonchev–Trinajstić information content (AvgIpc) is 3.27. The topological polar surface area (TPSA) is 57.2 Å². The molecule has 1 amide bonds. The second-order valence-electron chi connectivity index (χ2n) is 8.36. The van der Waals surface area contributed by atoms with E-state index >= 15 is 0 Å². The van der Waals surface area contributed by atoms with Crippen molar-refractivity contribution < 1.29 is 23.7 Å². The third-order valence-corrected chi connectivity index (χ3v) is 4.66. The highest BCUT2D eigenvalue weighted by Crippen LogP contribution is 2.35. The molecule has 2 aliphatic rings. The standard InChI is InChI=1S/C22H25NO5/c1-22(2,3)10-21(24)23(11-15-4-6-17-19(8-15)27-13-25-17)12-16-5-7-18-20(9-16)28-14-26-18/h4-9H,10-14H2,1-3H3. The third kappa shape index (κ3) is 4.16. The van der Waals surface area contributed by atoms with Crippen molar-refractivity contribution in [3.05, 3.63) is 47.5 Å². The van der Waals surface area contributed by atoms with E-state index < -0.39 is 0 Å². The lowest BCUT2D eigenvalue weighted by Gasteiger charge is -2.27. The lowest BCUT2D eigenvalue weighted by Crippen LogP contribution is -2.32. The summed E-state index contributed by atoms with van der Waals surface area (Å²) in [6.07, 6.45) is 0.474. The van der Waals surface area contributed by atoms with Crippen molar-refractivity contribution in [2.45, 2.75) is 40.3 Å². The van der Waals surface area contributed by atoms with Crippen molar-refractivity contribution >= 4 is 5.91 Å². The zero-order chi connectivity index (χ0) is 19.7. The SMILES string of the molecule is CC(C)(C)CC(=O)N(Cc1ccc2c(c1)OCO2)Cc1ccc2c(c1)OCO2. The van der Waals surface area contributed by atoms with Crippen LogP contribution in [0.2, 0.25) is 0 Å². The summed E-state index contributed by atoms with van der Waals surface area (Å²) in [7, 11) is 0. The lowest BCUT2D eigenvalue weighted by molar-refractivity contribution is -0.134. The number of benzene rings is 2. The number of ether oxygens (including phenoxy) is 4. The third-order valence-electron chi connectivity index (χ3n) is 4.66. The van der Waals surface area contributed by atoms with E-state index in [1.54, 1.807) is 0 Å². The van der Waals surface area contributed by atoms with Gasteiger partial charge in [0.05, 0.1) is 0 Å². The molecule has 0 atom stereocenters. The Morgan fingerprint density at radius 1 is 0.821 bits per heavy atom. The fourth-order valence-electron chi connectivity index (χ4n) is 3.32. The van der Waals surface area contributed by atoms with Gasteiger partial charge in [0.25, 0.3) is 0 Å². The molecule has 0 unspecified atom stereocenters. The fraction of sp³-hybridized carbons (Fsp3) is 0.409. The van der Waals surface area contributed by atoms with Crippen LogP contribution in [0, 0.1) is 5.41 Å². The van der Waals surface area contributed by atoms with E-state index in [1.165, 1.54) is 0 Å². The van der Waals surface area contributed by atoms with Gasteiger partial charge >= 0.3 is 0 Å². The molecule has 0 bridgehead atoms. The first-order chi connectivity index (χ1) is 13.4. The van der Waals surface area contributed by atoms with Crippen LogP contribution >= 0.6 is 0 Å². The molecule has 0 fully saturated rings. The van der Waals surface area contributed by atoms with Crippen molar-refractivity contribution in [1.82, 2.24) is 4.90 Å². The molecule has 0 radical (unpaired) electrons. The summed E-state index contributed by atoms with van der Waals surface area (Å²) < 4.78 is 21.7. The maximum Gasteiger partial charge on any atom is 0.231 e. The minimum absolute atomic E-state index is 0.0842. The van der Waals surface area contributed by atoms with Crippen molar-refractivity contribution in [2.24, 2.45) is 5.41 Å². The van der Waals surface area contributed by atoms with E-state index in [-0.39, 0.29) is 24.9 Å². The van der Waals surface area contributed by atoms with Gasteiger partial charge in [0.15, 0.2) is 23.0 Å². The number of rotatable bonds is 5. The predicted molar refractivity (Wildman–Crippen MR) is 103 cm³/mol. The molecule has 0 aliphatic carbocycles. The molecule has 6 heteroatoms. The largest absolute Gasteiger partial charge is 0.454 e. The van der Waals surface area contributed by atoms with Gasteiger partial charge in [-0.2, -0.15) is 0 Å². The van der Waals surface area contributed by atoms with Gasteiger partial charge in [-0.1, -0.05) is 32.9 Å². The molecule has 148 valence electrons. The highest BCUT2D eigenvalue weighted by Gasteiger charge is 2.23. The number of carbonyl (C=O) groups is 1. The number of carbonyl (C=O) groups excluding carboxylic acids is 1. The van der Waals surface area contributed by atoms with Crippen LogP contribution < -0.4 is 18.9 Å². The molecule has 0 saturated carbocycles. The van der Waals surface area contributed by atoms with Crippen LogP contribution in [0.4, 0.5) is 0 Å². The van der Waals surface area contributed by atoms with Crippen LogP contribution in [0.3, 0.4) is 0 Å². The van der Waals surface area contributed by atoms with Gasteiger partial charge in [-0.3, -0.25) is 4.79 Å². The maximum atomic E-state index is 13.0. The second kappa shape index (κ2) is 7.26. The molecule has 2 aromatic rings. The summed E-state index contributed by atoms with van der Waals surface area (Å²) in [5.41, 5.74) is 1.93. The van der Waals surface area contributed by atoms with E-state index in [0.29, 0.717) is 19.5 Å². The summed E-state index contributed by atoms with van der Waals surface area (Å²) in [6, 6.07) is 11.6. The van der Waals surface area contributed by atoms with Crippen LogP contribution in [-0.4, -0.2) is 24.4 Å². The van der Waals surface area contributed by atoms with Gasteiger partial charge in [-0.05, 0) is 40.8 Å². The van der Waals surface area contributed by atoms with Crippen LogP contribution in [0.1, 0.15) is 38.3 Å². The van der Waals surface area contributed by atoms with Crippen LogP contribution in [0.15, 0.2) is 36.4 Å². The predicted octanol–water partition coefficient (Wildman–Crippen LogP) is 4.11. The zero-order valence-corrected chi connectivity index (χ0v) is 16.5. The first-order valence-corrected chi connectivity index (χ1v) is 9.42. The van der Waals surface area contributed by atoms with Gasteiger partial charge < -0.3 is 23.8 Å². The molecule has 2 heterocycles. The van der Waals surface area contributed by atoms with E-state index in [4.69, 9.17) is 18.9 Å². The molecular formula is C22H25NO5. The van der Waals surface area contributed by atoms with E-state index in [9.17, 15) is 4.79 Å². The van der Waals surface area contributed by atoms with E-state index in [1.807, 2.05) is 41.3 Å². The second-order valence-corrected chi connectivity index (χ2v) is 8.36. The Morgan fingerprint density at radius 2 is 1.29 bits per heavy atom. The molecule has 6 nitrogen and oxygen atoms in total. The highest BCUT2D eigenvalue weighted by molar-refractivity contribution is 5.77. The first-order valence-electron chi connectivity index (χ1n) is 9.42. The molecule has 0 saturated heterocycles. The molecule has 2 aliphatic heterocycles. The number of hydrogen-bond acceptors (Lipinski definition) is 5. The highest BCUT2D eigenvalue weighted by atomic mass is 16.7. The summed E-state index contributed by atoms with van der Waals surface area (Å²) in [5, 5.41) is 0. The summed E-state index contributed by atoms with van der Waals surface area (Å²) in [6.45, 7) is 7.70. The summed E-state index contributed by atoms with van der Waals surface area (Å²) in [4.78, 5) is 14.9. The number of nitrogens with zero attached hydrogens (tertiary/aromatic N) is 1. The lowest BCUT2D eigenvalue weighted by atomic mass is 9.91. The first kappa shape index (κ1) is 18.5. The van der Waals surface area contributed by atoms with Gasteiger partial charge in [0.1, 0.15) is 0 Å². The Bertz CT molecular complexity index is 827. The number of amides is 1. The normalized spacial score (nSPS) is 14.2. The Hall–Kier alpha value is -2.89. The minimum Gasteiger partial charge on any atom is -0.454 e. The average molecular weight is 383 g/mol. The molecule has 2 aromatic carbocycles. The Labute approximate surface area is 165 Å².